The highest BCUT2D eigenvalue weighted by molar-refractivity contribution is 5.28. The van der Waals surface area contributed by atoms with Crippen LogP contribution in [0.4, 0.5) is 0 Å². The highest BCUT2D eigenvalue weighted by Crippen LogP contribution is 2.17. The number of ether oxygens (including phenoxy) is 2. The molecule has 17 heavy (non-hydrogen) atoms. The maximum atomic E-state index is 9.85. The molecule has 1 aromatic carbocycles. The molecule has 0 fully saturated rings. The van der Waals surface area contributed by atoms with Gasteiger partial charge >= 0.3 is 0 Å². The molecule has 1 rings (SSSR count). The van der Waals surface area contributed by atoms with Crippen LogP contribution in [0.2, 0.25) is 0 Å². The molecule has 0 aliphatic rings. The summed E-state index contributed by atoms with van der Waals surface area (Å²) in [5, 5.41) is 9.85. The van der Waals surface area contributed by atoms with Crippen LogP contribution in [-0.2, 0) is 11.2 Å². The standard InChI is InChI=1S/C14H20O3/c1-4-14(3,15)10-12-6-8-13(9-7-12)17-11-16-5-2/h4,6-9,15H,1,5,10-11H2,2-3H3. The normalized spacial score (nSPS) is 14.1. The van der Waals surface area contributed by atoms with Gasteiger partial charge in [-0.2, -0.15) is 0 Å². The van der Waals surface area contributed by atoms with Crippen LogP contribution in [0.1, 0.15) is 19.4 Å². The van der Waals surface area contributed by atoms with Crippen molar-refractivity contribution in [3.05, 3.63) is 42.5 Å². The highest BCUT2D eigenvalue weighted by atomic mass is 16.7. The molecule has 0 spiro atoms. The van der Waals surface area contributed by atoms with Crippen LogP contribution in [0.25, 0.3) is 0 Å². The SMILES string of the molecule is C=CC(C)(O)Cc1ccc(OCOCC)cc1. The van der Waals surface area contributed by atoms with Crippen molar-refractivity contribution in [1.82, 2.24) is 0 Å². The molecule has 0 aliphatic heterocycles. The van der Waals surface area contributed by atoms with Gasteiger partial charge in [0.15, 0.2) is 6.79 Å². The van der Waals surface area contributed by atoms with Gasteiger partial charge in [0.2, 0.25) is 0 Å². The fourth-order valence-corrected chi connectivity index (χ4v) is 1.38. The van der Waals surface area contributed by atoms with Crippen LogP contribution < -0.4 is 4.74 Å². The van der Waals surface area contributed by atoms with Crippen LogP contribution in [0, 0.1) is 0 Å². The van der Waals surface area contributed by atoms with E-state index < -0.39 is 5.60 Å². The van der Waals surface area contributed by atoms with Crippen molar-refractivity contribution in [3.63, 3.8) is 0 Å². The highest BCUT2D eigenvalue weighted by Gasteiger charge is 2.15. The third-order valence-corrected chi connectivity index (χ3v) is 2.44. The summed E-state index contributed by atoms with van der Waals surface area (Å²) in [5.74, 6) is 0.764. The van der Waals surface area contributed by atoms with Gasteiger partial charge in [0.1, 0.15) is 5.75 Å². The van der Waals surface area contributed by atoms with E-state index in [1.54, 1.807) is 13.0 Å². The molecule has 0 saturated carbocycles. The Morgan fingerprint density at radius 3 is 2.53 bits per heavy atom. The molecule has 1 unspecified atom stereocenters. The summed E-state index contributed by atoms with van der Waals surface area (Å²) in [6, 6.07) is 7.60. The molecule has 1 N–H and O–H groups in total. The van der Waals surface area contributed by atoms with Gasteiger partial charge in [-0.3, -0.25) is 0 Å². The molecular weight excluding hydrogens is 216 g/mol. The van der Waals surface area contributed by atoms with Crippen LogP contribution in [0.15, 0.2) is 36.9 Å². The maximum Gasteiger partial charge on any atom is 0.189 e. The first-order chi connectivity index (χ1) is 8.07. The van der Waals surface area contributed by atoms with Crippen molar-refractivity contribution in [2.75, 3.05) is 13.4 Å². The quantitative estimate of drug-likeness (QED) is 0.449. The Morgan fingerprint density at radius 1 is 1.35 bits per heavy atom. The number of aliphatic hydroxyl groups is 1. The first-order valence-corrected chi connectivity index (χ1v) is 5.73. The predicted octanol–water partition coefficient (Wildman–Crippen LogP) is 2.54. The Balaban J connectivity index is 2.53. The topological polar surface area (TPSA) is 38.7 Å². The molecule has 3 heteroatoms. The Labute approximate surface area is 103 Å². The molecule has 0 aromatic heterocycles. The van der Waals surface area contributed by atoms with E-state index in [1.165, 1.54) is 0 Å². The van der Waals surface area contributed by atoms with Crippen LogP contribution in [0.5, 0.6) is 5.75 Å². The molecule has 0 saturated heterocycles. The van der Waals surface area contributed by atoms with Gasteiger partial charge in [0.25, 0.3) is 0 Å². The summed E-state index contributed by atoms with van der Waals surface area (Å²) in [6.45, 7) is 8.16. The summed E-state index contributed by atoms with van der Waals surface area (Å²) < 4.78 is 10.4. The zero-order valence-electron chi connectivity index (χ0n) is 10.5. The van der Waals surface area contributed by atoms with E-state index in [-0.39, 0.29) is 6.79 Å². The Bertz CT molecular complexity index is 341. The van der Waals surface area contributed by atoms with E-state index in [4.69, 9.17) is 9.47 Å². The lowest BCUT2D eigenvalue weighted by Gasteiger charge is -2.18. The second-order valence-electron chi connectivity index (χ2n) is 4.14. The zero-order valence-corrected chi connectivity index (χ0v) is 10.5. The lowest BCUT2D eigenvalue weighted by molar-refractivity contribution is 0.0224. The van der Waals surface area contributed by atoms with Crippen molar-refractivity contribution < 1.29 is 14.6 Å². The molecule has 3 nitrogen and oxygen atoms in total. The van der Waals surface area contributed by atoms with Gasteiger partial charge in [-0.05, 0) is 31.5 Å². The monoisotopic (exact) mass is 236 g/mol. The molecule has 0 bridgehead atoms. The third-order valence-electron chi connectivity index (χ3n) is 2.44. The zero-order chi connectivity index (χ0) is 12.7. The van der Waals surface area contributed by atoms with Crippen molar-refractivity contribution in [3.8, 4) is 5.75 Å². The van der Waals surface area contributed by atoms with Gasteiger partial charge in [-0.25, -0.2) is 0 Å². The third kappa shape index (κ3) is 5.02. The molecule has 94 valence electrons. The predicted molar refractivity (Wildman–Crippen MR) is 68.1 cm³/mol. The fourth-order valence-electron chi connectivity index (χ4n) is 1.38. The first kappa shape index (κ1) is 13.7. The van der Waals surface area contributed by atoms with Crippen molar-refractivity contribution in [1.29, 1.82) is 0 Å². The Hall–Kier alpha value is -1.32. The summed E-state index contributed by atoms with van der Waals surface area (Å²) >= 11 is 0. The van der Waals surface area contributed by atoms with Crippen molar-refractivity contribution in [2.24, 2.45) is 0 Å². The number of rotatable bonds is 7. The number of hydrogen-bond donors (Lipinski definition) is 1. The van der Waals surface area contributed by atoms with E-state index in [1.807, 2.05) is 31.2 Å². The Kier molecular flexibility index (Phi) is 5.19. The number of hydrogen-bond acceptors (Lipinski definition) is 3. The van der Waals surface area contributed by atoms with Gasteiger partial charge in [-0.1, -0.05) is 18.2 Å². The smallest absolute Gasteiger partial charge is 0.189 e. The molecule has 1 atom stereocenters. The average molecular weight is 236 g/mol. The molecule has 0 heterocycles. The van der Waals surface area contributed by atoms with E-state index in [0.717, 1.165) is 11.3 Å². The van der Waals surface area contributed by atoms with Crippen LogP contribution in [0.3, 0.4) is 0 Å². The lowest BCUT2D eigenvalue weighted by atomic mass is 9.97. The summed E-state index contributed by atoms with van der Waals surface area (Å²) in [7, 11) is 0. The van der Waals surface area contributed by atoms with Crippen LogP contribution >= 0.6 is 0 Å². The second kappa shape index (κ2) is 6.42. The second-order valence-corrected chi connectivity index (χ2v) is 4.14. The van der Waals surface area contributed by atoms with Gasteiger partial charge < -0.3 is 14.6 Å². The van der Waals surface area contributed by atoms with E-state index in [2.05, 4.69) is 6.58 Å². The largest absolute Gasteiger partial charge is 0.468 e. The fraction of sp³-hybridized carbons (Fsp3) is 0.429. The number of benzene rings is 1. The minimum Gasteiger partial charge on any atom is -0.468 e. The minimum absolute atomic E-state index is 0.264. The van der Waals surface area contributed by atoms with Crippen molar-refractivity contribution >= 4 is 0 Å². The molecule has 0 amide bonds. The maximum absolute atomic E-state index is 9.85. The van der Waals surface area contributed by atoms with Gasteiger partial charge in [0, 0.05) is 13.0 Å². The molecule has 0 aliphatic carbocycles. The molecule has 1 aromatic rings. The summed E-state index contributed by atoms with van der Waals surface area (Å²) in [5.41, 5.74) is 0.173. The Morgan fingerprint density at radius 2 is 2.00 bits per heavy atom. The van der Waals surface area contributed by atoms with Gasteiger partial charge in [0.05, 0.1) is 5.60 Å². The van der Waals surface area contributed by atoms with E-state index >= 15 is 0 Å². The van der Waals surface area contributed by atoms with Crippen LogP contribution in [-0.4, -0.2) is 24.1 Å². The van der Waals surface area contributed by atoms with Gasteiger partial charge in [-0.15, -0.1) is 6.58 Å². The minimum atomic E-state index is -0.867. The van der Waals surface area contributed by atoms with E-state index in [0.29, 0.717) is 13.0 Å². The van der Waals surface area contributed by atoms with Crippen molar-refractivity contribution in [2.45, 2.75) is 25.9 Å². The first-order valence-electron chi connectivity index (χ1n) is 5.73. The lowest BCUT2D eigenvalue weighted by Crippen LogP contribution is -2.23. The molecule has 0 radical (unpaired) electrons. The molecular formula is C14H20O3. The summed E-state index contributed by atoms with van der Waals surface area (Å²) in [6.07, 6.45) is 2.09. The summed E-state index contributed by atoms with van der Waals surface area (Å²) in [4.78, 5) is 0. The van der Waals surface area contributed by atoms with E-state index in [9.17, 15) is 5.11 Å². The average Bonchev–Trinajstić information content (AvgIpc) is 2.31.